The van der Waals surface area contributed by atoms with Crippen molar-refractivity contribution < 1.29 is 0 Å². The fourth-order valence-corrected chi connectivity index (χ4v) is 3.45. The van der Waals surface area contributed by atoms with Gasteiger partial charge in [-0.1, -0.05) is 42.5 Å². The normalized spacial score (nSPS) is 12.7. The van der Waals surface area contributed by atoms with Crippen LogP contribution in [0.2, 0.25) is 0 Å². The van der Waals surface area contributed by atoms with E-state index in [-0.39, 0.29) is 6.04 Å². The highest BCUT2D eigenvalue weighted by molar-refractivity contribution is 7.17. The average molecular weight is 268 g/mol. The van der Waals surface area contributed by atoms with Crippen LogP contribution in [0.5, 0.6) is 0 Å². The first-order valence-electron chi connectivity index (χ1n) is 6.29. The Morgan fingerprint density at radius 1 is 1.00 bits per heavy atom. The first kappa shape index (κ1) is 12.4. The summed E-state index contributed by atoms with van der Waals surface area (Å²) in [4.78, 5) is 0. The highest BCUT2D eigenvalue weighted by Crippen LogP contribution is 2.32. The molecule has 1 aromatic heterocycles. The molecule has 2 aromatic carbocycles. The van der Waals surface area contributed by atoms with Crippen molar-refractivity contribution in [3.63, 3.8) is 0 Å². The summed E-state index contributed by atoms with van der Waals surface area (Å²) in [5.41, 5.74) is 6.68. The molecule has 0 spiro atoms. The Morgan fingerprint density at radius 2 is 1.79 bits per heavy atom. The second-order valence-corrected chi connectivity index (χ2v) is 5.56. The zero-order valence-corrected chi connectivity index (χ0v) is 11.6. The van der Waals surface area contributed by atoms with Gasteiger partial charge >= 0.3 is 0 Å². The lowest BCUT2D eigenvalue weighted by molar-refractivity contribution is 0.638. The average Bonchev–Trinajstić information content (AvgIpc) is 2.91. The van der Waals surface area contributed by atoms with E-state index in [1.165, 1.54) is 26.8 Å². The van der Waals surface area contributed by atoms with Crippen molar-refractivity contribution in [3.05, 3.63) is 70.6 Å². The van der Waals surface area contributed by atoms with Gasteiger partial charge in [0.15, 0.2) is 0 Å². The molecule has 96 valence electrons. The van der Waals surface area contributed by atoms with Crippen LogP contribution in [-0.4, -0.2) is 0 Å². The lowest BCUT2D eigenvalue weighted by Crippen LogP contribution is -2.29. The fraction of sp³-hybridized carbons (Fsp3) is 0.125. The summed E-state index contributed by atoms with van der Waals surface area (Å²) < 4.78 is 1.30. The minimum Gasteiger partial charge on any atom is -0.271 e. The number of hydrogen-bond acceptors (Lipinski definition) is 3. The number of thiophene rings is 1. The van der Waals surface area contributed by atoms with Gasteiger partial charge in [-0.25, -0.2) is 5.43 Å². The molecule has 3 rings (SSSR count). The summed E-state index contributed by atoms with van der Waals surface area (Å²) in [5, 5.41) is 3.40. The SMILES string of the molecule is Cc1ccccc1C(NN)c1cccc2ccsc12. The number of nitrogens with two attached hydrogens (primary N) is 1. The van der Waals surface area contributed by atoms with Gasteiger partial charge in [0, 0.05) is 4.70 Å². The van der Waals surface area contributed by atoms with Crippen molar-refractivity contribution in [1.82, 2.24) is 5.43 Å². The fourth-order valence-electron chi connectivity index (χ4n) is 2.50. The Balaban J connectivity index is 2.18. The lowest BCUT2D eigenvalue weighted by Gasteiger charge is -2.19. The van der Waals surface area contributed by atoms with Gasteiger partial charge in [0.05, 0.1) is 6.04 Å². The summed E-state index contributed by atoms with van der Waals surface area (Å²) in [5.74, 6) is 5.82. The molecular weight excluding hydrogens is 252 g/mol. The molecule has 0 radical (unpaired) electrons. The molecule has 0 aliphatic heterocycles. The topological polar surface area (TPSA) is 38.0 Å². The van der Waals surface area contributed by atoms with Gasteiger partial charge in [-0.05, 0) is 40.4 Å². The minimum atomic E-state index is 0.0311. The van der Waals surface area contributed by atoms with Crippen molar-refractivity contribution in [2.45, 2.75) is 13.0 Å². The predicted molar refractivity (Wildman–Crippen MR) is 82.2 cm³/mol. The minimum absolute atomic E-state index is 0.0311. The molecule has 0 fully saturated rings. The van der Waals surface area contributed by atoms with Gasteiger partial charge in [0.25, 0.3) is 0 Å². The van der Waals surface area contributed by atoms with Gasteiger partial charge in [-0.15, -0.1) is 11.3 Å². The number of hydrazine groups is 1. The predicted octanol–water partition coefficient (Wildman–Crippen LogP) is 3.76. The maximum atomic E-state index is 5.82. The Kier molecular flexibility index (Phi) is 3.34. The molecule has 0 aliphatic carbocycles. The number of nitrogens with one attached hydrogen (secondary N) is 1. The summed E-state index contributed by atoms with van der Waals surface area (Å²) in [7, 11) is 0. The maximum Gasteiger partial charge on any atom is 0.0726 e. The van der Waals surface area contributed by atoms with E-state index in [4.69, 9.17) is 5.84 Å². The van der Waals surface area contributed by atoms with Crippen molar-refractivity contribution in [3.8, 4) is 0 Å². The van der Waals surface area contributed by atoms with E-state index in [9.17, 15) is 0 Å². The summed E-state index contributed by atoms with van der Waals surface area (Å²) >= 11 is 1.76. The highest BCUT2D eigenvalue weighted by atomic mass is 32.1. The van der Waals surface area contributed by atoms with Gasteiger partial charge < -0.3 is 0 Å². The summed E-state index contributed by atoms with van der Waals surface area (Å²) in [6, 6.07) is 16.9. The van der Waals surface area contributed by atoms with Gasteiger partial charge in [-0.3, -0.25) is 5.84 Å². The molecule has 0 aliphatic rings. The van der Waals surface area contributed by atoms with E-state index >= 15 is 0 Å². The molecule has 3 aromatic rings. The Hall–Kier alpha value is -1.68. The Bertz CT molecular complexity index is 703. The molecular formula is C16H16N2S. The lowest BCUT2D eigenvalue weighted by atomic mass is 9.95. The molecule has 1 unspecified atom stereocenters. The summed E-state index contributed by atoms with van der Waals surface area (Å²) in [6.45, 7) is 2.12. The van der Waals surface area contributed by atoms with Crippen LogP contribution in [0, 0.1) is 6.92 Å². The van der Waals surface area contributed by atoms with Crippen LogP contribution < -0.4 is 11.3 Å². The molecule has 1 heterocycles. The van der Waals surface area contributed by atoms with Crippen molar-refractivity contribution in [2.75, 3.05) is 0 Å². The molecule has 2 nitrogen and oxygen atoms in total. The van der Waals surface area contributed by atoms with Crippen molar-refractivity contribution >= 4 is 21.4 Å². The van der Waals surface area contributed by atoms with Crippen LogP contribution in [0.25, 0.3) is 10.1 Å². The third kappa shape index (κ3) is 2.16. The van der Waals surface area contributed by atoms with E-state index < -0.39 is 0 Å². The van der Waals surface area contributed by atoms with Crippen LogP contribution in [0.4, 0.5) is 0 Å². The molecule has 0 saturated carbocycles. The van der Waals surface area contributed by atoms with E-state index in [1.807, 2.05) is 0 Å². The Labute approximate surface area is 116 Å². The molecule has 3 heteroatoms. The van der Waals surface area contributed by atoms with Crippen LogP contribution >= 0.6 is 11.3 Å². The molecule has 19 heavy (non-hydrogen) atoms. The standard InChI is InChI=1S/C16H16N2S/c1-11-5-2-3-7-13(11)15(18-17)14-8-4-6-12-9-10-19-16(12)14/h2-10,15,18H,17H2,1H3. The molecule has 0 bridgehead atoms. The number of aryl methyl sites for hydroxylation is 1. The van der Waals surface area contributed by atoms with Crippen LogP contribution in [0.15, 0.2) is 53.9 Å². The van der Waals surface area contributed by atoms with Crippen LogP contribution in [0.3, 0.4) is 0 Å². The monoisotopic (exact) mass is 268 g/mol. The molecule has 0 saturated heterocycles. The first-order chi connectivity index (χ1) is 9.31. The second-order valence-electron chi connectivity index (χ2n) is 4.64. The molecule has 1 atom stereocenters. The quantitative estimate of drug-likeness (QED) is 0.560. The molecule has 3 N–H and O–H groups in total. The molecule has 0 amide bonds. The number of rotatable bonds is 3. The smallest absolute Gasteiger partial charge is 0.0726 e. The van der Waals surface area contributed by atoms with Gasteiger partial charge in [-0.2, -0.15) is 0 Å². The third-order valence-corrected chi connectivity index (χ3v) is 4.47. The number of fused-ring (bicyclic) bond motifs is 1. The number of benzene rings is 2. The van der Waals surface area contributed by atoms with E-state index in [0.29, 0.717) is 0 Å². The zero-order chi connectivity index (χ0) is 13.2. The van der Waals surface area contributed by atoms with E-state index in [2.05, 4.69) is 66.3 Å². The highest BCUT2D eigenvalue weighted by Gasteiger charge is 2.17. The van der Waals surface area contributed by atoms with E-state index in [0.717, 1.165) is 0 Å². The van der Waals surface area contributed by atoms with Gasteiger partial charge in [0.1, 0.15) is 0 Å². The second kappa shape index (κ2) is 5.13. The zero-order valence-electron chi connectivity index (χ0n) is 10.8. The first-order valence-corrected chi connectivity index (χ1v) is 7.17. The van der Waals surface area contributed by atoms with Crippen molar-refractivity contribution in [1.29, 1.82) is 0 Å². The Morgan fingerprint density at radius 3 is 2.58 bits per heavy atom. The maximum absolute atomic E-state index is 5.82. The largest absolute Gasteiger partial charge is 0.271 e. The van der Waals surface area contributed by atoms with Crippen LogP contribution in [0.1, 0.15) is 22.7 Å². The van der Waals surface area contributed by atoms with Crippen molar-refractivity contribution in [2.24, 2.45) is 5.84 Å². The van der Waals surface area contributed by atoms with Gasteiger partial charge in [0.2, 0.25) is 0 Å². The summed E-state index contributed by atoms with van der Waals surface area (Å²) in [6.07, 6.45) is 0. The number of hydrogen-bond donors (Lipinski definition) is 2. The van der Waals surface area contributed by atoms with E-state index in [1.54, 1.807) is 11.3 Å². The third-order valence-electron chi connectivity index (χ3n) is 3.49. The van der Waals surface area contributed by atoms with Crippen LogP contribution in [-0.2, 0) is 0 Å².